The number of carbonyl (C=O) groups excluding carboxylic acids is 2. The minimum atomic E-state index is -0.750. The third kappa shape index (κ3) is 6.36. The zero-order valence-corrected chi connectivity index (χ0v) is 17.1. The fourth-order valence-corrected chi connectivity index (χ4v) is 3.31. The highest BCUT2D eigenvalue weighted by Gasteiger charge is 2.31. The van der Waals surface area contributed by atoms with Crippen molar-refractivity contribution in [1.29, 1.82) is 0 Å². The number of thiazole rings is 1. The molecule has 2 aromatic rings. The number of hydrogen-bond acceptors (Lipinski definition) is 6. The summed E-state index contributed by atoms with van der Waals surface area (Å²) in [6.07, 6.45) is 0.726. The normalized spacial score (nSPS) is 12.5. The maximum absolute atomic E-state index is 12.6. The van der Waals surface area contributed by atoms with Crippen LogP contribution in [0.1, 0.15) is 56.0 Å². The monoisotopic (exact) mass is 390 g/mol. The summed E-state index contributed by atoms with van der Waals surface area (Å²) in [7, 11) is 0. The first kappa shape index (κ1) is 20.9. The topological polar surface area (TPSA) is 77.5 Å². The van der Waals surface area contributed by atoms with E-state index in [9.17, 15) is 9.59 Å². The first-order valence-electron chi connectivity index (χ1n) is 8.83. The van der Waals surface area contributed by atoms with Crippen molar-refractivity contribution < 1.29 is 19.1 Å². The number of carbonyl (C=O) groups is 2. The van der Waals surface area contributed by atoms with Crippen molar-refractivity contribution in [3.63, 3.8) is 0 Å². The largest absolute Gasteiger partial charge is 0.514 e. The highest BCUT2D eigenvalue weighted by atomic mass is 32.1. The molecule has 1 aromatic carbocycles. The molecule has 0 aliphatic heterocycles. The van der Waals surface area contributed by atoms with Gasteiger partial charge in [0.2, 0.25) is 5.06 Å². The van der Waals surface area contributed by atoms with E-state index in [1.165, 1.54) is 17.5 Å². The van der Waals surface area contributed by atoms with Crippen LogP contribution in [-0.4, -0.2) is 23.7 Å². The number of amides is 1. The van der Waals surface area contributed by atoms with Crippen molar-refractivity contribution in [1.82, 2.24) is 10.3 Å². The fourth-order valence-electron chi connectivity index (χ4n) is 2.25. The van der Waals surface area contributed by atoms with Crippen LogP contribution < -0.4 is 10.1 Å². The van der Waals surface area contributed by atoms with E-state index in [4.69, 9.17) is 9.47 Å². The summed E-state index contributed by atoms with van der Waals surface area (Å²) in [4.78, 5) is 28.6. The number of ether oxygens (including phenoxy) is 2. The van der Waals surface area contributed by atoms with Crippen molar-refractivity contribution in [3.8, 4) is 5.06 Å². The Balaban J connectivity index is 2.10. The van der Waals surface area contributed by atoms with Gasteiger partial charge in [-0.25, -0.2) is 9.78 Å². The number of nitrogens with one attached hydrogen (secondary N) is 1. The molecule has 1 atom stereocenters. The van der Waals surface area contributed by atoms with Gasteiger partial charge in [0, 0.05) is 5.56 Å². The van der Waals surface area contributed by atoms with E-state index in [1.54, 1.807) is 12.1 Å². The van der Waals surface area contributed by atoms with Crippen molar-refractivity contribution in [2.24, 2.45) is 11.3 Å². The molecule has 1 amide bonds. The second kappa shape index (κ2) is 8.99. The fraction of sp³-hybridized carbons (Fsp3) is 0.450. The molecule has 2 rings (SSSR count). The van der Waals surface area contributed by atoms with Crippen molar-refractivity contribution in [2.75, 3.05) is 6.61 Å². The van der Waals surface area contributed by atoms with Gasteiger partial charge in [-0.3, -0.25) is 4.79 Å². The maximum Gasteiger partial charge on any atom is 0.514 e. The molecule has 0 spiro atoms. The molecule has 0 saturated heterocycles. The average Bonchev–Trinajstić information content (AvgIpc) is 3.05. The molecule has 1 unspecified atom stereocenters. The molecule has 0 aliphatic carbocycles. The van der Waals surface area contributed by atoms with Gasteiger partial charge in [0.25, 0.3) is 5.91 Å². The molecule has 0 radical (unpaired) electrons. The highest BCUT2D eigenvalue weighted by molar-refractivity contribution is 7.13. The van der Waals surface area contributed by atoms with Gasteiger partial charge in [-0.2, -0.15) is 0 Å². The predicted octanol–water partition coefficient (Wildman–Crippen LogP) is 4.83. The van der Waals surface area contributed by atoms with E-state index in [2.05, 4.69) is 10.3 Å². The second-order valence-corrected chi connectivity index (χ2v) is 8.74. The molecule has 0 fully saturated rings. The van der Waals surface area contributed by atoms with Crippen LogP contribution >= 0.6 is 11.3 Å². The lowest BCUT2D eigenvalue weighted by Crippen LogP contribution is -2.36. The van der Waals surface area contributed by atoms with E-state index >= 15 is 0 Å². The Hall–Kier alpha value is -2.41. The number of rotatable bonds is 6. The maximum atomic E-state index is 12.6. The lowest BCUT2D eigenvalue weighted by molar-refractivity contribution is 0.0890. The number of hydrogen-bond donors (Lipinski definition) is 1. The number of nitrogens with zero attached hydrogens (tertiary/aromatic N) is 1. The van der Waals surface area contributed by atoms with Gasteiger partial charge in [-0.05, 0) is 23.5 Å². The molecule has 0 saturated carbocycles. The van der Waals surface area contributed by atoms with Crippen LogP contribution in [0.5, 0.6) is 5.06 Å². The van der Waals surface area contributed by atoms with Gasteiger partial charge < -0.3 is 14.8 Å². The predicted molar refractivity (Wildman–Crippen MR) is 105 cm³/mol. The van der Waals surface area contributed by atoms with E-state index in [-0.39, 0.29) is 23.3 Å². The van der Waals surface area contributed by atoms with Gasteiger partial charge in [0.1, 0.15) is 5.01 Å². The van der Waals surface area contributed by atoms with Crippen LogP contribution in [0.4, 0.5) is 4.79 Å². The van der Waals surface area contributed by atoms with Crippen LogP contribution in [0, 0.1) is 11.3 Å². The Morgan fingerprint density at radius 1 is 1.19 bits per heavy atom. The zero-order valence-electron chi connectivity index (χ0n) is 16.3. The lowest BCUT2D eigenvalue weighted by atomic mass is 9.87. The lowest BCUT2D eigenvalue weighted by Gasteiger charge is -2.29. The number of aromatic nitrogens is 1. The van der Waals surface area contributed by atoms with Gasteiger partial charge >= 0.3 is 6.16 Å². The Morgan fingerprint density at radius 3 is 2.44 bits per heavy atom. The van der Waals surface area contributed by atoms with Gasteiger partial charge in [-0.15, -0.1) is 0 Å². The average molecular weight is 391 g/mol. The third-order valence-corrected chi connectivity index (χ3v) is 4.59. The Morgan fingerprint density at radius 2 is 1.85 bits per heavy atom. The van der Waals surface area contributed by atoms with Crippen molar-refractivity contribution >= 4 is 23.4 Å². The summed E-state index contributed by atoms with van der Waals surface area (Å²) in [6.45, 7) is 10.2. The molecule has 146 valence electrons. The summed E-state index contributed by atoms with van der Waals surface area (Å²) < 4.78 is 10.2. The minimum absolute atomic E-state index is 0.176. The molecule has 0 aliphatic rings. The number of benzene rings is 1. The summed E-state index contributed by atoms with van der Waals surface area (Å²) >= 11 is 1.22. The Kier molecular flexibility index (Phi) is 6.96. The SMILES string of the molecule is CC(C)COC(=O)Oc1cnc(C(NC(=O)c2ccccc2)C(C)(C)C)s1. The van der Waals surface area contributed by atoms with Crippen LogP contribution in [-0.2, 0) is 4.74 Å². The van der Waals surface area contributed by atoms with Gasteiger partial charge in [-0.1, -0.05) is 64.2 Å². The quantitative estimate of drug-likeness (QED) is 0.715. The zero-order chi connectivity index (χ0) is 20.0. The first-order valence-corrected chi connectivity index (χ1v) is 9.64. The molecule has 1 aromatic heterocycles. The first-order chi connectivity index (χ1) is 12.7. The van der Waals surface area contributed by atoms with Crippen LogP contribution in [0.3, 0.4) is 0 Å². The van der Waals surface area contributed by atoms with Crippen LogP contribution in [0.25, 0.3) is 0 Å². The minimum Gasteiger partial charge on any atom is -0.434 e. The summed E-state index contributed by atoms with van der Waals surface area (Å²) in [5, 5.41) is 4.03. The standard InChI is InChI=1S/C20H26N2O4S/c1-13(2)12-25-19(24)26-15-11-21-18(27-15)16(20(3,4)5)22-17(23)14-9-7-6-8-10-14/h6-11,13,16H,12H2,1-5H3,(H,22,23). The smallest absolute Gasteiger partial charge is 0.434 e. The van der Waals surface area contributed by atoms with E-state index in [0.29, 0.717) is 22.2 Å². The summed E-state index contributed by atoms with van der Waals surface area (Å²) in [6, 6.07) is 8.69. The van der Waals surface area contributed by atoms with Crippen molar-refractivity contribution in [2.45, 2.75) is 40.7 Å². The molecule has 6 nitrogen and oxygen atoms in total. The second-order valence-electron chi connectivity index (χ2n) is 7.71. The third-order valence-electron chi connectivity index (χ3n) is 3.65. The molecule has 1 N–H and O–H groups in total. The van der Waals surface area contributed by atoms with E-state index in [1.807, 2.05) is 52.8 Å². The van der Waals surface area contributed by atoms with Crippen molar-refractivity contribution in [3.05, 3.63) is 47.1 Å². The Labute approximate surface area is 163 Å². The summed E-state index contributed by atoms with van der Waals surface area (Å²) in [5.41, 5.74) is 0.301. The summed E-state index contributed by atoms with van der Waals surface area (Å²) in [5.74, 6) is 0.0533. The molecule has 7 heteroatoms. The molecular formula is C20H26N2O4S. The highest BCUT2D eigenvalue weighted by Crippen LogP contribution is 2.37. The molecular weight excluding hydrogens is 364 g/mol. The van der Waals surface area contributed by atoms with E-state index in [0.717, 1.165) is 0 Å². The molecule has 0 bridgehead atoms. The van der Waals surface area contributed by atoms with E-state index < -0.39 is 6.16 Å². The Bertz CT molecular complexity index is 766. The van der Waals surface area contributed by atoms with Crippen LogP contribution in [0.2, 0.25) is 0 Å². The van der Waals surface area contributed by atoms with Crippen LogP contribution in [0.15, 0.2) is 36.5 Å². The van der Waals surface area contributed by atoms with Gasteiger partial charge in [0.05, 0.1) is 18.8 Å². The molecule has 1 heterocycles. The van der Waals surface area contributed by atoms with Gasteiger partial charge in [0.15, 0.2) is 0 Å². The molecule has 27 heavy (non-hydrogen) atoms.